The molecule has 2 heterocycles. The number of para-hydroxylation sites is 1. The quantitative estimate of drug-likeness (QED) is 0.161. The smallest absolute Gasteiger partial charge is 0.357 e. The number of benzene rings is 3. The number of phenolic OH excluding ortho intramolecular Hbond substituents is 1. The Morgan fingerprint density at radius 2 is 1.72 bits per heavy atom. The zero-order valence-corrected chi connectivity index (χ0v) is 25.0. The van der Waals surface area contributed by atoms with Crippen LogP contribution >= 0.6 is 7.60 Å². The molecule has 43 heavy (non-hydrogen) atoms. The second-order valence-corrected chi connectivity index (χ2v) is 12.1. The lowest BCUT2D eigenvalue weighted by Gasteiger charge is -2.29. The second-order valence-electron chi connectivity index (χ2n) is 10.00. The van der Waals surface area contributed by atoms with E-state index in [-0.39, 0.29) is 43.2 Å². The van der Waals surface area contributed by atoms with Crippen LogP contribution in [0.5, 0.6) is 5.75 Å². The van der Waals surface area contributed by atoms with Crippen LogP contribution in [0.25, 0.3) is 10.9 Å². The molecule has 1 atom stereocenters. The zero-order chi connectivity index (χ0) is 30.6. The number of hydrogen-bond acceptors (Lipinski definition) is 8. The molecular formula is C31H33FN5O5P. The first-order chi connectivity index (χ1) is 20.7. The van der Waals surface area contributed by atoms with Gasteiger partial charge in [-0.3, -0.25) is 9.36 Å². The first-order valence-electron chi connectivity index (χ1n) is 13.9. The summed E-state index contributed by atoms with van der Waals surface area (Å²) in [6.07, 6.45) is 1.76. The number of fused-ring (bicyclic) bond motifs is 1. The van der Waals surface area contributed by atoms with Crippen molar-refractivity contribution < 1.29 is 23.1 Å². The van der Waals surface area contributed by atoms with Gasteiger partial charge < -0.3 is 24.0 Å². The Morgan fingerprint density at radius 3 is 2.44 bits per heavy atom. The Balaban J connectivity index is 1.44. The minimum absolute atomic E-state index is 0.112. The molecule has 1 unspecified atom stereocenters. The van der Waals surface area contributed by atoms with Gasteiger partial charge in [0.1, 0.15) is 17.3 Å². The van der Waals surface area contributed by atoms with Crippen LogP contribution in [-0.4, -0.2) is 37.9 Å². The molecule has 224 valence electrons. The van der Waals surface area contributed by atoms with Crippen LogP contribution in [0.3, 0.4) is 0 Å². The highest BCUT2D eigenvalue weighted by Crippen LogP contribution is 2.62. The lowest BCUT2D eigenvalue weighted by Crippen LogP contribution is -2.21. The number of aryl methyl sites for hydroxylation is 1. The summed E-state index contributed by atoms with van der Waals surface area (Å²) in [6, 6.07) is 19.8. The summed E-state index contributed by atoms with van der Waals surface area (Å²) in [6.45, 7) is 6.06. The van der Waals surface area contributed by atoms with Gasteiger partial charge in [0.2, 0.25) is 0 Å². The Morgan fingerprint density at radius 1 is 1.00 bits per heavy atom. The molecule has 10 nitrogen and oxygen atoms in total. The minimum atomic E-state index is -3.85. The predicted molar refractivity (Wildman–Crippen MR) is 163 cm³/mol. The average molecular weight is 606 g/mol. The van der Waals surface area contributed by atoms with Crippen LogP contribution in [0.15, 0.2) is 83.8 Å². The first-order valence-corrected chi connectivity index (χ1v) is 15.5. The molecule has 0 bridgehead atoms. The Bertz CT molecular complexity index is 1830. The summed E-state index contributed by atoms with van der Waals surface area (Å²) in [7, 11) is -3.85. The van der Waals surface area contributed by atoms with Crippen molar-refractivity contribution in [3.8, 4) is 5.75 Å². The number of anilines is 1. The summed E-state index contributed by atoms with van der Waals surface area (Å²) in [4.78, 5) is 12.8. The van der Waals surface area contributed by atoms with Gasteiger partial charge in [-0.05, 0) is 74.4 Å². The number of halogens is 1. The van der Waals surface area contributed by atoms with E-state index in [1.807, 2.05) is 31.2 Å². The fourth-order valence-electron chi connectivity index (χ4n) is 5.00. The van der Waals surface area contributed by atoms with E-state index in [2.05, 4.69) is 15.6 Å². The molecular weight excluding hydrogens is 572 g/mol. The van der Waals surface area contributed by atoms with E-state index in [0.717, 1.165) is 22.0 Å². The van der Waals surface area contributed by atoms with Crippen molar-refractivity contribution in [2.75, 3.05) is 18.5 Å². The maximum atomic E-state index is 14.0. The van der Waals surface area contributed by atoms with E-state index in [1.165, 1.54) is 30.3 Å². The summed E-state index contributed by atoms with van der Waals surface area (Å²) in [5, 5.41) is 23.5. The molecule has 12 heteroatoms. The summed E-state index contributed by atoms with van der Waals surface area (Å²) >= 11 is 0. The number of hydrogen-bond donors (Lipinski definition) is 2. The second kappa shape index (κ2) is 12.9. The number of phenols is 1. The molecule has 5 aromatic rings. The first kappa shape index (κ1) is 30.2. The number of rotatable bonds is 12. The van der Waals surface area contributed by atoms with Crippen molar-refractivity contribution in [1.82, 2.24) is 19.6 Å². The van der Waals surface area contributed by atoms with E-state index in [0.29, 0.717) is 11.4 Å². The highest BCUT2D eigenvalue weighted by atomic mass is 31.2. The molecule has 0 aliphatic carbocycles. The van der Waals surface area contributed by atoms with Gasteiger partial charge in [0.05, 0.1) is 38.0 Å². The summed E-state index contributed by atoms with van der Waals surface area (Å²) in [5.74, 6) is -1.63. The summed E-state index contributed by atoms with van der Waals surface area (Å²) < 4.78 is 42.1. The molecule has 0 saturated carbocycles. The topological polar surface area (TPSA) is 121 Å². The molecule has 2 N–H and O–H groups in total. The largest absolute Gasteiger partial charge is 0.508 e. The monoisotopic (exact) mass is 605 g/mol. The number of aromatic hydroxyl groups is 1. The third-order valence-corrected chi connectivity index (χ3v) is 9.22. The molecule has 0 radical (unpaired) electrons. The van der Waals surface area contributed by atoms with Crippen molar-refractivity contribution in [2.24, 2.45) is 0 Å². The van der Waals surface area contributed by atoms with E-state index in [9.17, 15) is 18.9 Å². The number of nitrogens with one attached hydrogen (secondary N) is 1. The average Bonchev–Trinajstić information content (AvgIpc) is 3.43. The van der Waals surface area contributed by atoms with Crippen molar-refractivity contribution >= 4 is 24.2 Å². The lowest BCUT2D eigenvalue weighted by atomic mass is 10.1. The van der Waals surface area contributed by atoms with Gasteiger partial charge in [-0.15, -0.1) is 5.10 Å². The highest BCUT2D eigenvalue weighted by molar-refractivity contribution is 7.54. The fraction of sp³-hybridized carbons (Fsp3) is 0.258. The zero-order valence-electron chi connectivity index (χ0n) is 24.1. The van der Waals surface area contributed by atoms with Gasteiger partial charge in [-0.25, -0.2) is 9.07 Å². The molecule has 5 rings (SSSR count). The maximum absolute atomic E-state index is 14.0. The van der Waals surface area contributed by atoms with Crippen molar-refractivity contribution in [1.29, 1.82) is 0 Å². The normalized spacial score (nSPS) is 12.5. The van der Waals surface area contributed by atoms with Crippen LogP contribution in [0, 0.1) is 12.7 Å². The van der Waals surface area contributed by atoms with Crippen molar-refractivity contribution in [3.05, 3.63) is 118 Å². The molecule has 3 aromatic carbocycles. The molecule has 0 saturated heterocycles. The van der Waals surface area contributed by atoms with Crippen molar-refractivity contribution in [2.45, 2.75) is 39.6 Å². The van der Waals surface area contributed by atoms with Crippen LogP contribution in [-0.2, 0) is 26.7 Å². The molecule has 0 spiro atoms. The third-order valence-electron chi connectivity index (χ3n) is 6.94. The number of aromatic nitrogens is 4. The highest BCUT2D eigenvalue weighted by Gasteiger charge is 2.39. The van der Waals surface area contributed by atoms with Gasteiger partial charge in [0, 0.05) is 22.7 Å². The van der Waals surface area contributed by atoms with E-state index >= 15 is 0 Å². The molecule has 0 aliphatic heterocycles. The molecule has 0 fully saturated rings. The standard InChI is InChI=1S/C31H33FN5O5P/c1-4-41-43(40,42-5-2)31(33-24-13-11-23(32)12-14-24)27-17-22(10-15-29(27)38)18-36-19-25(34-35-36)20-37-28-9-7-6-8-26(28)21(3)16-30(37)39/h6-17,19,31,33,38H,4-5,18,20H2,1-3H3. The molecule has 0 amide bonds. The van der Waals surface area contributed by atoms with Gasteiger partial charge in [0.25, 0.3) is 5.56 Å². The van der Waals surface area contributed by atoms with Gasteiger partial charge in [-0.1, -0.05) is 29.5 Å². The van der Waals surface area contributed by atoms with Crippen molar-refractivity contribution in [3.63, 3.8) is 0 Å². The third kappa shape index (κ3) is 6.69. The Hall–Kier alpha value is -4.31. The lowest BCUT2D eigenvalue weighted by molar-refractivity contribution is 0.213. The van der Waals surface area contributed by atoms with E-state index in [1.54, 1.807) is 47.5 Å². The van der Waals surface area contributed by atoms with Crippen LogP contribution in [0.4, 0.5) is 10.1 Å². The van der Waals surface area contributed by atoms with Gasteiger partial charge in [0.15, 0.2) is 5.78 Å². The van der Waals surface area contributed by atoms with Crippen LogP contribution in [0.2, 0.25) is 0 Å². The van der Waals surface area contributed by atoms with Gasteiger partial charge >= 0.3 is 7.60 Å². The van der Waals surface area contributed by atoms with Gasteiger partial charge in [-0.2, -0.15) is 0 Å². The number of nitrogens with zero attached hydrogens (tertiary/aromatic N) is 4. The van der Waals surface area contributed by atoms with Crippen LogP contribution < -0.4 is 10.9 Å². The van der Waals surface area contributed by atoms with E-state index < -0.39 is 19.2 Å². The Labute approximate surface area is 248 Å². The van der Waals surface area contributed by atoms with Crippen LogP contribution in [0.1, 0.15) is 42.0 Å². The maximum Gasteiger partial charge on any atom is 0.357 e. The minimum Gasteiger partial charge on any atom is -0.508 e. The molecule has 2 aromatic heterocycles. The predicted octanol–water partition coefficient (Wildman–Crippen LogP) is 6.22. The fourth-order valence-corrected chi connectivity index (χ4v) is 6.95. The SMILES string of the molecule is CCOP(=O)(OCC)C(Nc1ccc(F)cc1)c1cc(Cn2cc(Cn3c(=O)cc(C)c4ccccc43)nn2)ccc1O. The number of pyridine rings is 1. The van der Waals surface area contributed by atoms with E-state index in [4.69, 9.17) is 9.05 Å². The Kier molecular flexibility index (Phi) is 9.05. The summed E-state index contributed by atoms with van der Waals surface area (Å²) in [5.41, 5.74) is 3.69. The molecule has 0 aliphatic rings.